The molecular weight excluding hydrogens is 156 g/mol. The van der Waals surface area contributed by atoms with Gasteiger partial charge in [0.25, 0.3) is 0 Å². The molecule has 12 heavy (non-hydrogen) atoms. The molecule has 0 aromatic heterocycles. The number of ether oxygens (including phenoxy) is 1. The molecule has 0 aliphatic heterocycles. The first-order valence-electron chi connectivity index (χ1n) is 3.94. The molecule has 1 aliphatic carbocycles. The van der Waals surface area contributed by atoms with Crippen molar-refractivity contribution < 1.29 is 14.3 Å². The Bertz CT molecular complexity index is 230. The molecule has 0 amide bonds. The highest BCUT2D eigenvalue weighted by atomic mass is 16.5. The Balaban J connectivity index is 2.50. The summed E-state index contributed by atoms with van der Waals surface area (Å²) in [6, 6.07) is 0. The number of hydrogen-bond acceptors (Lipinski definition) is 3. The highest BCUT2D eigenvalue weighted by Gasteiger charge is 2.27. The average molecular weight is 168 g/mol. The third kappa shape index (κ3) is 1.72. The summed E-state index contributed by atoms with van der Waals surface area (Å²) in [5.41, 5.74) is 0. The van der Waals surface area contributed by atoms with Gasteiger partial charge in [-0.25, -0.2) is 0 Å². The molecule has 0 spiro atoms. The van der Waals surface area contributed by atoms with E-state index in [0.29, 0.717) is 6.42 Å². The molecule has 0 fully saturated rings. The van der Waals surface area contributed by atoms with Crippen LogP contribution in [0.5, 0.6) is 0 Å². The second kappa shape index (κ2) is 3.52. The van der Waals surface area contributed by atoms with Crippen molar-refractivity contribution in [1.29, 1.82) is 0 Å². The first kappa shape index (κ1) is 8.97. The molecule has 3 heteroatoms. The molecule has 0 heterocycles. The van der Waals surface area contributed by atoms with Gasteiger partial charge in [0.1, 0.15) is 0 Å². The molecule has 0 saturated carbocycles. The van der Waals surface area contributed by atoms with Crippen LogP contribution in [0.2, 0.25) is 0 Å². The molecular formula is C9H12O3. The zero-order valence-corrected chi connectivity index (χ0v) is 7.24. The maximum Gasteiger partial charge on any atom is 0.306 e. The van der Waals surface area contributed by atoms with Crippen molar-refractivity contribution in [3.63, 3.8) is 0 Å². The van der Waals surface area contributed by atoms with E-state index < -0.39 is 0 Å². The van der Waals surface area contributed by atoms with E-state index in [9.17, 15) is 9.59 Å². The Hall–Kier alpha value is -1.12. The Labute approximate surface area is 71.4 Å². The van der Waals surface area contributed by atoms with Gasteiger partial charge in [-0.3, -0.25) is 9.59 Å². The monoisotopic (exact) mass is 168 g/mol. The zero-order valence-electron chi connectivity index (χ0n) is 7.24. The van der Waals surface area contributed by atoms with Crippen LogP contribution in [0.4, 0.5) is 0 Å². The van der Waals surface area contributed by atoms with Crippen LogP contribution < -0.4 is 0 Å². The summed E-state index contributed by atoms with van der Waals surface area (Å²) < 4.78 is 4.51. The summed E-state index contributed by atoms with van der Waals surface area (Å²) in [4.78, 5) is 21.9. The molecule has 2 atom stereocenters. The number of esters is 1. The fourth-order valence-electron chi connectivity index (χ4n) is 1.27. The minimum atomic E-state index is -0.258. The van der Waals surface area contributed by atoms with Crippen LogP contribution in [0.3, 0.4) is 0 Å². The maximum absolute atomic E-state index is 11.0. The van der Waals surface area contributed by atoms with Crippen LogP contribution in [0.15, 0.2) is 12.2 Å². The number of carbonyl (C=O) groups is 2. The van der Waals surface area contributed by atoms with Crippen molar-refractivity contribution in [2.75, 3.05) is 7.11 Å². The minimum absolute atomic E-state index is 0.0324. The van der Waals surface area contributed by atoms with Gasteiger partial charge in [0.2, 0.25) is 0 Å². The van der Waals surface area contributed by atoms with Crippen LogP contribution in [-0.4, -0.2) is 18.9 Å². The van der Waals surface area contributed by atoms with Crippen molar-refractivity contribution in [2.45, 2.75) is 13.3 Å². The van der Waals surface area contributed by atoms with Crippen molar-refractivity contribution in [3.8, 4) is 0 Å². The van der Waals surface area contributed by atoms with E-state index in [1.54, 1.807) is 6.08 Å². The van der Waals surface area contributed by atoms with E-state index in [4.69, 9.17) is 0 Å². The predicted octanol–water partition coefficient (Wildman–Crippen LogP) is 0.941. The number of ketones is 1. The van der Waals surface area contributed by atoms with Gasteiger partial charge >= 0.3 is 5.97 Å². The summed E-state index contributed by atoms with van der Waals surface area (Å²) in [6.07, 6.45) is 3.63. The molecule has 0 aromatic carbocycles. The second-order valence-electron chi connectivity index (χ2n) is 2.99. The SMILES string of the molecule is COC(=O)CC1C=CC(=O)C1C. The highest BCUT2D eigenvalue weighted by Crippen LogP contribution is 2.24. The van der Waals surface area contributed by atoms with Crippen molar-refractivity contribution >= 4 is 11.8 Å². The molecule has 0 aromatic rings. The topological polar surface area (TPSA) is 43.4 Å². The summed E-state index contributed by atoms with van der Waals surface area (Å²) in [5, 5.41) is 0. The minimum Gasteiger partial charge on any atom is -0.469 e. The lowest BCUT2D eigenvalue weighted by Gasteiger charge is -2.10. The van der Waals surface area contributed by atoms with Crippen LogP contribution >= 0.6 is 0 Å². The quantitative estimate of drug-likeness (QED) is 0.576. The van der Waals surface area contributed by atoms with E-state index in [1.807, 2.05) is 6.92 Å². The summed E-state index contributed by atoms with van der Waals surface area (Å²) in [5.74, 6) is -0.191. The van der Waals surface area contributed by atoms with Crippen LogP contribution in [0.25, 0.3) is 0 Å². The Morgan fingerprint density at radius 2 is 2.33 bits per heavy atom. The normalized spacial score (nSPS) is 27.7. The van der Waals surface area contributed by atoms with Gasteiger partial charge in [-0.1, -0.05) is 13.0 Å². The highest BCUT2D eigenvalue weighted by molar-refractivity contribution is 5.94. The molecule has 0 radical (unpaired) electrons. The van der Waals surface area contributed by atoms with Gasteiger partial charge in [0.15, 0.2) is 5.78 Å². The smallest absolute Gasteiger partial charge is 0.306 e. The average Bonchev–Trinajstić information content (AvgIpc) is 2.36. The van der Waals surface area contributed by atoms with E-state index in [2.05, 4.69) is 4.74 Å². The predicted molar refractivity (Wildman–Crippen MR) is 43.4 cm³/mol. The Morgan fingerprint density at radius 3 is 2.75 bits per heavy atom. The zero-order chi connectivity index (χ0) is 9.14. The third-order valence-electron chi connectivity index (χ3n) is 2.23. The fraction of sp³-hybridized carbons (Fsp3) is 0.556. The first-order valence-corrected chi connectivity index (χ1v) is 3.94. The number of rotatable bonds is 2. The molecule has 0 N–H and O–H groups in total. The van der Waals surface area contributed by atoms with Crippen LogP contribution in [0.1, 0.15) is 13.3 Å². The number of carbonyl (C=O) groups excluding carboxylic acids is 2. The molecule has 1 rings (SSSR count). The summed E-state index contributed by atoms with van der Waals surface area (Å²) in [7, 11) is 1.35. The van der Waals surface area contributed by atoms with Crippen molar-refractivity contribution in [1.82, 2.24) is 0 Å². The lowest BCUT2D eigenvalue weighted by Crippen LogP contribution is -2.16. The molecule has 3 nitrogen and oxygen atoms in total. The largest absolute Gasteiger partial charge is 0.469 e. The molecule has 2 unspecified atom stereocenters. The van der Waals surface area contributed by atoms with E-state index >= 15 is 0 Å². The van der Waals surface area contributed by atoms with Gasteiger partial charge < -0.3 is 4.74 Å². The van der Waals surface area contributed by atoms with Gasteiger partial charge in [-0.2, -0.15) is 0 Å². The summed E-state index contributed by atoms with van der Waals surface area (Å²) >= 11 is 0. The lowest BCUT2D eigenvalue weighted by atomic mass is 9.94. The van der Waals surface area contributed by atoms with Gasteiger partial charge in [-0.15, -0.1) is 0 Å². The fourth-order valence-corrected chi connectivity index (χ4v) is 1.27. The number of allylic oxidation sites excluding steroid dienone is 2. The van der Waals surface area contributed by atoms with Crippen LogP contribution in [0, 0.1) is 11.8 Å². The maximum atomic E-state index is 11.0. The molecule has 0 saturated heterocycles. The van der Waals surface area contributed by atoms with E-state index in [1.165, 1.54) is 13.2 Å². The summed E-state index contributed by atoms with van der Waals surface area (Å²) in [6.45, 7) is 1.83. The van der Waals surface area contributed by atoms with Crippen molar-refractivity contribution in [3.05, 3.63) is 12.2 Å². The van der Waals surface area contributed by atoms with Gasteiger partial charge in [0.05, 0.1) is 13.5 Å². The van der Waals surface area contributed by atoms with Gasteiger partial charge in [-0.05, 0) is 12.0 Å². The number of hydrogen-bond donors (Lipinski definition) is 0. The first-order chi connectivity index (χ1) is 5.65. The molecule has 0 bridgehead atoms. The van der Waals surface area contributed by atoms with E-state index in [0.717, 1.165) is 0 Å². The second-order valence-corrected chi connectivity index (χ2v) is 2.99. The molecule has 66 valence electrons. The van der Waals surface area contributed by atoms with Crippen molar-refractivity contribution in [2.24, 2.45) is 11.8 Å². The third-order valence-corrected chi connectivity index (χ3v) is 2.23. The lowest BCUT2D eigenvalue weighted by molar-refractivity contribution is -0.141. The van der Waals surface area contributed by atoms with E-state index in [-0.39, 0.29) is 23.6 Å². The van der Waals surface area contributed by atoms with Gasteiger partial charge in [0, 0.05) is 5.92 Å². The Kier molecular flexibility index (Phi) is 2.63. The molecule has 1 aliphatic rings. The van der Waals surface area contributed by atoms with Crippen LogP contribution in [-0.2, 0) is 14.3 Å². The Morgan fingerprint density at radius 1 is 1.67 bits per heavy atom. The number of methoxy groups -OCH3 is 1. The standard InChI is InChI=1S/C9H12O3/c1-6-7(3-4-8(6)10)5-9(11)12-2/h3-4,6-7H,5H2,1-2H3.